The molecule has 0 heterocycles. The molecule has 0 aliphatic heterocycles. The average Bonchev–Trinajstić information content (AvgIpc) is 2.59. The van der Waals surface area contributed by atoms with Crippen LogP contribution in [0.25, 0.3) is 0 Å². The van der Waals surface area contributed by atoms with Crippen molar-refractivity contribution in [1.29, 1.82) is 0 Å². The van der Waals surface area contributed by atoms with Gasteiger partial charge in [0, 0.05) is 0 Å². The van der Waals surface area contributed by atoms with Gasteiger partial charge in [0.25, 0.3) is 0 Å². The fourth-order valence-corrected chi connectivity index (χ4v) is 3.68. The van der Waals surface area contributed by atoms with E-state index in [1.807, 2.05) is 27.7 Å². The minimum atomic E-state index is -1.13. The highest BCUT2D eigenvalue weighted by molar-refractivity contribution is 6.00. The zero-order valence-corrected chi connectivity index (χ0v) is 17.8. The first kappa shape index (κ1) is 23.0. The van der Waals surface area contributed by atoms with E-state index < -0.39 is 5.41 Å². The highest BCUT2D eigenvalue weighted by atomic mass is 16.6. The van der Waals surface area contributed by atoms with Crippen LogP contribution in [0.4, 0.5) is 0 Å². The number of ether oxygens (including phenoxy) is 2. The Morgan fingerprint density at radius 1 is 0.808 bits per heavy atom. The van der Waals surface area contributed by atoms with Gasteiger partial charge in [-0.3, -0.25) is 9.59 Å². The first-order valence-electron chi connectivity index (χ1n) is 10.5. The number of hydrogen-bond acceptors (Lipinski definition) is 4. The van der Waals surface area contributed by atoms with Gasteiger partial charge >= 0.3 is 11.9 Å². The van der Waals surface area contributed by atoms with Crippen molar-refractivity contribution >= 4 is 11.9 Å². The molecule has 0 aromatic carbocycles. The summed E-state index contributed by atoms with van der Waals surface area (Å²) in [5, 5.41) is 0. The number of carbonyl (C=O) groups is 2. The third-order valence-corrected chi connectivity index (χ3v) is 5.24. The second kappa shape index (κ2) is 10.9. The van der Waals surface area contributed by atoms with Gasteiger partial charge in [0.1, 0.15) is 0 Å². The van der Waals surface area contributed by atoms with E-state index in [2.05, 4.69) is 13.8 Å². The van der Waals surface area contributed by atoms with Crippen molar-refractivity contribution < 1.29 is 19.1 Å². The molecule has 0 N–H and O–H groups in total. The van der Waals surface area contributed by atoms with Crippen molar-refractivity contribution in [3.63, 3.8) is 0 Å². The molecule has 1 fully saturated rings. The second-order valence-electron chi connectivity index (χ2n) is 9.22. The Balaban J connectivity index is 3.15. The van der Waals surface area contributed by atoms with Crippen molar-refractivity contribution in [2.45, 2.75) is 86.5 Å². The quantitative estimate of drug-likeness (QED) is 0.383. The van der Waals surface area contributed by atoms with Crippen molar-refractivity contribution in [1.82, 2.24) is 0 Å². The second-order valence-corrected chi connectivity index (χ2v) is 9.22. The summed E-state index contributed by atoms with van der Waals surface area (Å²) in [5.41, 5.74) is -1.13. The molecule has 0 spiro atoms. The molecule has 0 amide bonds. The van der Waals surface area contributed by atoms with E-state index in [0.29, 0.717) is 25.6 Å². The van der Waals surface area contributed by atoms with Gasteiger partial charge in [-0.1, -0.05) is 60.8 Å². The van der Waals surface area contributed by atoms with Gasteiger partial charge in [0.05, 0.1) is 13.2 Å². The summed E-state index contributed by atoms with van der Waals surface area (Å²) in [5.74, 6) is 0.252. The SMILES string of the molecule is CC(C)CCC(C(=O)OCC(C)C)(C(=O)OCC(C)C)C1CCCCC1. The fraction of sp³-hybridized carbons (Fsp3) is 0.909. The Morgan fingerprint density at radius 3 is 1.65 bits per heavy atom. The summed E-state index contributed by atoms with van der Waals surface area (Å²) in [6, 6.07) is 0. The van der Waals surface area contributed by atoms with E-state index in [9.17, 15) is 9.59 Å². The summed E-state index contributed by atoms with van der Waals surface area (Å²) in [6.07, 6.45) is 6.50. The third kappa shape index (κ3) is 6.59. The molecule has 0 aromatic heterocycles. The maximum absolute atomic E-state index is 13.2. The zero-order chi connectivity index (χ0) is 19.7. The fourth-order valence-electron chi connectivity index (χ4n) is 3.68. The number of rotatable bonds is 10. The molecule has 1 saturated carbocycles. The lowest BCUT2D eigenvalue weighted by molar-refractivity contribution is -0.181. The Kier molecular flexibility index (Phi) is 9.67. The summed E-state index contributed by atoms with van der Waals surface area (Å²) in [4.78, 5) is 26.5. The molecule has 1 aliphatic carbocycles. The van der Waals surface area contributed by atoms with Gasteiger partial charge in [-0.2, -0.15) is 0 Å². The van der Waals surface area contributed by atoms with E-state index in [0.717, 1.165) is 32.1 Å². The predicted octanol–water partition coefficient (Wildman–Crippen LogP) is 5.39. The molecule has 1 aliphatic rings. The minimum absolute atomic E-state index is 0.0364. The minimum Gasteiger partial charge on any atom is -0.465 e. The van der Waals surface area contributed by atoms with Crippen LogP contribution in [0.5, 0.6) is 0 Å². The first-order valence-corrected chi connectivity index (χ1v) is 10.5. The Hall–Kier alpha value is -1.06. The molecule has 152 valence electrons. The monoisotopic (exact) mass is 368 g/mol. The lowest BCUT2D eigenvalue weighted by Crippen LogP contribution is -2.49. The lowest BCUT2D eigenvalue weighted by Gasteiger charge is -2.39. The van der Waals surface area contributed by atoms with E-state index in [1.165, 1.54) is 6.42 Å². The van der Waals surface area contributed by atoms with Crippen LogP contribution in [0, 0.1) is 29.1 Å². The molecular weight excluding hydrogens is 328 g/mol. The molecule has 0 atom stereocenters. The van der Waals surface area contributed by atoms with Gasteiger partial charge in [0.2, 0.25) is 0 Å². The summed E-state index contributed by atoms with van der Waals surface area (Å²) in [7, 11) is 0. The van der Waals surface area contributed by atoms with Crippen molar-refractivity contribution in [3.05, 3.63) is 0 Å². The Labute approximate surface area is 160 Å². The standard InChI is InChI=1S/C22H40O4/c1-16(2)12-13-22(19-10-8-7-9-11-19,20(23)25-14-17(3)4)21(24)26-15-18(5)6/h16-19H,7-15H2,1-6H3. The Morgan fingerprint density at radius 2 is 1.27 bits per heavy atom. The van der Waals surface area contributed by atoms with Crippen LogP contribution < -0.4 is 0 Å². The molecule has 4 nitrogen and oxygen atoms in total. The van der Waals surface area contributed by atoms with Gasteiger partial charge in [-0.15, -0.1) is 0 Å². The first-order chi connectivity index (χ1) is 12.2. The number of esters is 2. The summed E-state index contributed by atoms with van der Waals surface area (Å²) >= 11 is 0. The maximum atomic E-state index is 13.2. The smallest absolute Gasteiger partial charge is 0.323 e. The molecular formula is C22H40O4. The van der Waals surface area contributed by atoms with Gasteiger partial charge in [-0.05, 0) is 49.4 Å². The van der Waals surface area contributed by atoms with Gasteiger partial charge in [-0.25, -0.2) is 0 Å². The van der Waals surface area contributed by atoms with Crippen LogP contribution >= 0.6 is 0 Å². The van der Waals surface area contributed by atoms with Crippen LogP contribution in [0.3, 0.4) is 0 Å². The molecule has 1 rings (SSSR count). The molecule has 0 saturated heterocycles. The topological polar surface area (TPSA) is 52.6 Å². The van der Waals surface area contributed by atoms with Crippen LogP contribution in [0.2, 0.25) is 0 Å². The molecule has 0 unspecified atom stereocenters. The summed E-state index contributed by atoms with van der Waals surface area (Å²) < 4.78 is 11.3. The lowest BCUT2D eigenvalue weighted by atomic mass is 9.65. The van der Waals surface area contributed by atoms with Gasteiger partial charge < -0.3 is 9.47 Å². The molecule has 0 bridgehead atoms. The molecule has 0 radical (unpaired) electrons. The highest BCUT2D eigenvalue weighted by Gasteiger charge is 2.54. The third-order valence-electron chi connectivity index (χ3n) is 5.24. The molecule has 0 aromatic rings. The Bertz CT molecular complexity index is 409. The molecule has 26 heavy (non-hydrogen) atoms. The van der Waals surface area contributed by atoms with E-state index in [4.69, 9.17) is 9.47 Å². The number of hydrogen-bond donors (Lipinski definition) is 0. The normalized spacial score (nSPS) is 16.3. The number of carbonyl (C=O) groups excluding carboxylic acids is 2. The average molecular weight is 369 g/mol. The van der Waals surface area contributed by atoms with Crippen molar-refractivity contribution in [2.24, 2.45) is 29.1 Å². The largest absolute Gasteiger partial charge is 0.465 e. The van der Waals surface area contributed by atoms with Crippen molar-refractivity contribution in [3.8, 4) is 0 Å². The maximum Gasteiger partial charge on any atom is 0.323 e. The van der Waals surface area contributed by atoms with E-state index in [1.54, 1.807) is 0 Å². The van der Waals surface area contributed by atoms with Crippen LogP contribution in [-0.2, 0) is 19.1 Å². The van der Waals surface area contributed by atoms with Crippen molar-refractivity contribution in [2.75, 3.05) is 13.2 Å². The summed E-state index contributed by atoms with van der Waals surface area (Å²) in [6.45, 7) is 13.0. The van der Waals surface area contributed by atoms with Gasteiger partial charge in [0.15, 0.2) is 5.41 Å². The van der Waals surface area contributed by atoms with E-state index in [-0.39, 0.29) is 29.7 Å². The predicted molar refractivity (Wildman–Crippen MR) is 105 cm³/mol. The highest BCUT2D eigenvalue weighted by Crippen LogP contribution is 2.45. The van der Waals surface area contributed by atoms with E-state index >= 15 is 0 Å². The van der Waals surface area contributed by atoms with Crippen LogP contribution in [0.1, 0.15) is 86.5 Å². The van der Waals surface area contributed by atoms with Crippen LogP contribution in [0.15, 0.2) is 0 Å². The zero-order valence-electron chi connectivity index (χ0n) is 17.8. The van der Waals surface area contributed by atoms with Crippen LogP contribution in [-0.4, -0.2) is 25.2 Å². The molecule has 4 heteroatoms.